The molecule has 3 aromatic rings. The van der Waals surface area contributed by atoms with Gasteiger partial charge in [0.15, 0.2) is 6.61 Å². The predicted molar refractivity (Wildman–Crippen MR) is 100 cm³/mol. The van der Waals surface area contributed by atoms with Gasteiger partial charge in [0.1, 0.15) is 11.5 Å². The summed E-state index contributed by atoms with van der Waals surface area (Å²) in [4.78, 5) is 27.5. The van der Waals surface area contributed by atoms with E-state index in [9.17, 15) is 9.59 Å². The molecular weight excluding hydrogens is 346 g/mol. The molecule has 1 aromatic heterocycles. The average molecular weight is 365 g/mol. The van der Waals surface area contributed by atoms with E-state index in [0.717, 1.165) is 17.0 Å². The number of hydrogen-bond acceptors (Lipinski definition) is 5. The Labute approximate surface area is 156 Å². The maximum absolute atomic E-state index is 12.1. The van der Waals surface area contributed by atoms with Gasteiger partial charge in [0.2, 0.25) is 11.8 Å². The Kier molecular flexibility index (Phi) is 5.21. The Morgan fingerprint density at radius 2 is 1.89 bits per heavy atom. The third kappa shape index (κ3) is 4.52. The van der Waals surface area contributed by atoms with Gasteiger partial charge in [-0.25, -0.2) is 4.98 Å². The first kappa shape index (κ1) is 18.2. The number of nitrogens with two attached hydrogens (primary N) is 1. The normalized spacial score (nSPS) is 10.4. The van der Waals surface area contributed by atoms with Crippen molar-refractivity contribution in [3.05, 3.63) is 65.5 Å². The molecule has 0 spiro atoms. The third-order valence-corrected chi connectivity index (χ3v) is 3.93. The molecule has 138 valence electrons. The second-order valence-electron chi connectivity index (χ2n) is 5.97. The minimum atomic E-state index is -0.518. The summed E-state index contributed by atoms with van der Waals surface area (Å²) in [6.45, 7) is 3.56. The molecule has 2 amide bonds. The van der Waals surface area contributed by atoms with Crippen LogP contribution in [0.15, 0.2) is 52.9 Å². The fraction of sp³-hybridized carbons (Fsp3) is 0.150. The van der Waals surface area contributed by atoms with Gasteiger partial charge >= 0.3 is 0 Å². The van der Waals surface area contributed by atoms with E-state index >= 15 is 0 Å². The van der Waals surface area contributed by atoms with E-state index in [1.54, 1.807) is 36.4 Å². The van der Waals surface area contributed by atoms with Crippen molar-refractivity contribution in [2.45, 2.75) is 13.8 Å². The van der Waals surface area contributed by atoms with Gasteiger partial charge in [-0.1, -0.05) is 6.07 Å². The molecule has 7 heteroatoms. The molecule has 0 unspecified atom stereocenters. The maximum atomic E-state index is 12.1. The van der Waals surface area contributed by atoms with Gasteiger partial charge in [0.25, 0.3) is 5.91 Å². The standard InChI is InChI=1S/C20H19N3O4/c1-12-13(2)27-20(22-12)15-4-3-5-16(10-15)23-18(24)11-26-17-8-6-14(7-9-17)19(21)25/h3-10H,11H2,1-2H3,(H2,21,25)(H,23,24). The monoisotopic (exact) mass is 365 g/mol. The topological polar surface area (TPSA) is 107 Å². The highest BCUT2D eigenvalue weighted by atomic mass is 16.5. The molecule has 0 saturated carbocycles. The second kappa shape index (κ2) is 7.74. The summed E-state index contributed by atoms with van der Waals surface area (Å²) in [6.07, 6.45) is 0. The van der Waals surface area contributed by atoms with E-state index < -0.39 is 5.91 Å². The molecule has 3 N–H and O–H groups in total. The van der Waals surface area contributed by atoms with E-state index in [4.69, 9.17) is 14.9 Å². The molecule has 2 aromatic carbocycles. The molecule has 0 radical (unpaired) electrons. The Hall–Kier alpha value is -3.61. The van der Waals surface area contributed by atoms with Crippen LogP contribution in [0.2, 0.25) is 0 Å². The van der Waals surface area contributed by atoms with Gasteiger partial charge in [-0.2, -0.15) is 0 Å². The molecular formula is C20H19N3O4. The van der Waals surface area contributed by atoms with Crippen LogP contribution < -0.4 is 15.8 Å². The highest BCUT2D eigenvalue weighted by molar-refractivity contribution is 5.93. The van der Waals surface area contributed by atoms with Crippen molar-refractivity contribution < 1.29 is 18.7 Å². The molecule has 3 rings (SSSR count). The van der Waals surface area contributed by atoms with E-state index in [1.807, 2.05) is 26.0 Å². The number of aryl methyl sites for hydroxylation is 2. The summed E-state index contributed by atoms with van der Waals surface area (Å²) in [5.74, 6) is 0.901. The number of nitrogens with zero attached hydrogens (tertiary/aromatic N) is 1. The number of anilines is 1. The van der Waals surface area contributed by atoms with Crippen LogP contribution >= 0.6 is 0 Å². The van der Waals surface area contributed by atoms with E-state index in [0.29, 0.717) is 22.9 Å². The second-order valence-corrected chi connectivity index (χ2v) is 5.97. The summed E-state index contributed by atoms with van der Waals surface area (Å²) in [5.41, 5.74) is 7.77. The van der Waals surface area contributed by atoms with Crippen LogP contribution in [-0.4, -0.2) is 23.4 Å². The summed E-state index contributed by atoms with van der Waals surface area (Å²) in [6, 6.07) is 13.5. The lowest BCUT2D eigenvalue weighted by Gasteiger charge is -2.08. The van der Waals surface area contributed by atoms with Crippen molar-refractivity contribution in [1.82, 2.24) is 4.98 Å². The molecule has 0 aliphatic carbocycles. The fourth-order valence-corrected chi connectivity index (χ4v) is 2.39. The zero-order chi connectivity index (χ0) is 19.4. The summed E-state index contributed by atoms with van der Waals surface area (Å²) in [5, 5.41) is 2.77. The van der Waals surface area contributed by atoms with Crippen LogP contribution in [0.1, 0.15) is 21.8 Å². The largest absolute Gasteiger partial charge is 0.484 e. The third-order valence-electron chi connectivity index (χ3n) is 3.93. The quantitative estimate of drug-likeness (QED) is 0.698. The maximum Gasteiger partial charge on any atom is 0.262 e. The minimum Gasteiger partial charge on any atom is -0.484 e. The lowest BCUT2D eigenvalue weighted by Crippen LogP contribution is -2.20. The zero-order valence-electron chi connectivity index (χ0n) is 15.0. The van der Waals surface area contributed by atoms with E-state index in [-0.39, 0.29) is 12.5 Å². The number of benzene rings is 2. The smallest absolute Gasteiger partial charge is 0.262 e. The van der Waals surface area contributed by atoms with Crippen LogP contribution in [0.4, 0.5) is 5.69 Å². The average Bonchev–Trinajstić information content (AvgIpc) is 2.99. The number of oxazole rings is 1. The van der Waals surface area contributed by atoms with E-state index in [2.05, 4.69) is 10.3 Å². The van der Waals surface area contributed by atoms with Gasteiger partial charge in [0.05, 0.1) is 5.69 Å². The number of nitrogens with one attached hydrogen (secondary N) is 1. The highest BCUT2D eigenvalue weighted by Crippen LogP contribution is 2.24. The van der Waals surface area contributed by atoms with Crippen molar-refractivity contribution in [2.75, 3.05) is 11.9 Å². The Bertz CT molecular complexity index is 958. The summed E-state index contributed by atoms with van der Waals surface area (Å²) >= 11 is 0. The van der Waals surface area contributed by atoms with Crippen LogP contribution in [0.25, 0.3) is 11.5 Å². The summed E-state index contributed by atoms with van der Waals surface area (Å²) < 4.78 is 11.0. The number of carbonyl (C=O) groups is 2. The van der Waals surface area contributed by atoms with Gasteiger partial charge in [-0.3, -0.25) is 9.59 Å². The molecule has 0 fully saturated rings. The van der Waals surface area contributed by atoms with Crippen LogP contribution in [0.5, 0.6) is 5.75 Å². The van der Waals surface area contributed by atoms with Gasteiger partial charge in [-0.15, -0.1) is 0 Å². The number of rotatable bonds is 6. The molecule has 0 aliphatic heterocycles. The fourth-order valence-electron chi connectivity index (χ4n) is 2.39. The first-order valence-corrected chi connectivity index (χ1v) is 8.29. The Balaban J connectivity index is 1.60. The van der Waals surface area contributed by atoms with Crippen molar-refractivity contribution in [3.63, 3.8) is 0 Å². The molecule has 0 atom stereocenters. The Morgan fingerprint density at radius 1 is 1.15 bits per heavy atom. The number of ether oxygens (including phenoxy) is 1. The van der Waals surface area contributed by atoms with Crippen LogP contribution in [0.3, 0.4) is 0 Å². The first-order chi connectivity index (χ1) is 12.9. The van der Waals surface area contributed by atoms with Crippen LogP contribution in [0, 0.1) is 13.8 Å². The minimum absolute atomic E-state index is 0.169. The number of amides is 2. The van der Waals surface area contributed by atoms with Crippen molar-refractivity contribution >= 4 is 17.5 Å². The predicted octanol–water partition coefficient (Wildman–Crippen LogP) is 3.07. The molecule has 0 bridgehead atoms. The number of primary amides is 1. The first-order valence-electron chi connectivity index (χ1n) is 8.29. The molecule has 1 heterocycles. The Morgan fingerprint density at radius 3 is 2.52 bits per heavy atom. The highest BCUT2D eigenvalue weighted by Gasteiger charge is 2.10. The molecule has 0 aliphatic rings. The molecule has 0 saturated heterocycles. The van der Waals surface area contributed by atoms with Gasteiger partial charge in [-0.05, 0) is 56.3 Å². The number of carbonyl (C=O) groups excluding carboxylic acids is 2. The lowest BCUT2D eigenvalue weighted by molar-refractivity contribution is -0.118. The summed E-state index contributed by atoms with van der Waals surface area (Å²) in [7, 11) is 0. The molecule has 27 heavy (non-hydrogen) atoms. The van der Waals surface area contributed by atoms with Gasteiger partial charge < -0.3 is 20.2 Å². The number of hydrogen-bond donors (Lipinski definition) is 2. The lowest BCUT2D eigenvalue weighted by atomic mass is 10.2. The van der Waals surface area contributed by atoms with Gasteiger partial charge in [0, 0.05) is 16.8 Å². The van der Waals surface area contributed by atoms with Crippen molar-refractivity contribution in [2.24, 2.45) is 5.73 Å². The molecule has 7 nitrogen and oxygen atoms in total. The zero-order valence-corrected chi connectivity index (χ0v) is 15.0. The van der Waals surface area contributed by atoms with Crippen molar-refractivity contribution in [3.8, 4) is 17.2 Å². The SMILES string of the molecule is Cc1nc(-c2cccc(NC(=O)COc3ccc(C(N)=O)cc3)c2)oc1C. The van der Waals surface area contributed by atoms with Crippen LogP contribution in [-0.2, 0) is 4.79 Å². The number of aromatic nitrogens is 1. The van der Waals surface area contributed by atoms with E-state index in [1.165, 1.54) is 0 Å². The van der Waals surface area contributed by atoms with Crippen molar-refractivity contribution in [1.29, 1.82) is 0 Å².